The summed E-state index contributed by atoms with van der Waals surface area (Å²) in [6, 6.07) is 0. The van der Waals surface area contributed by atoms with Gasteiger partial charge in [-0.05, 0) is 13.3 Å². The predicted molar refractivity (Wildman–Crippen MR) is 32.8 cm³/mol. The third kappa shape index (κ3) is 5.73. The van der Waals surface area contributed by atoms with Crippen molar-refractivity contribution in [3.05, 3.63) is 0 Å². The van der Waals surface area contributed by atoms with E-state index in [4.69, 9.17) is 0 Å². The van der Waals surface area contributed by atoms with Crippen LogP contribution in [0, 0.1) is 0 Å². The molecule has 9 heavy (non-hydrogen) atoms. The van der Waals surface area contributed by atoms with Crippen molar-refractivity contribution in [3.8, 4) is 0 Å². The molecule has 0 aromatic heterocycles. The van der Waals surface area contributed by atoms with Crippen molar-refractivity contribution >= 4 is 0 Å². The van der Waals surface area contributed by atoms with E-state index in [0.29, 0.717) is 13.2 Å². The molecule has 0 radical (unpaired) electrons. The lowest BCUT2D eigenvalue weighted by molar-refractivity contribution is -0.215. The Balaban J connectivity index is 2.95. The van der Waals surface area contributed by atoms with E-state index in [1.165, 1.54) is 0 Å². The van der Waals surface area contributed by atoms with Gasteiger partial charge in [0.1, 0.15) is 0 Å². The van der Waals surface area contributed by atoms with Crippen molar-refractivity contribution in [3.63, 3.8) is 0 Å². The molecule has 2 nitrogen and oxygen atoms in total. The van der Waals surface area contributed by atoms with E-state index in [0.717, 1.165) is 6.42 Å². The number of hydrogen-bond donors (Lipinski definition) is 0. The topological polar surface area (TPSA) is 18.5 Å². The van der Waals surface area contributed by atoms with Crippen LogP contribution >= 0.6 is 0 Å². The van der Waals surface area contributed by atoms with E-state index in [2.05, 4.69) is 9.47 Å². The van der Waals surface area contributed by atoms with E-state index >= 15 is 0 Å². The van der Waals surface area contributed by atoms with Crippen molar-refractivity contribution in [1.82, 2.24) is 0 Å². The molecule has 0 spiro atoms. The maximum absolute atomic E-state index is 12.1. The maximum Gasteiger partial charge on any atom is 0.309 e. The third-order valence-corrected chi connectivity index (χ3v) is 0.751. The quantitative estimate of drug-likeness (QED) is 0.535. The number of ether oxygens (including phenoxy) is 2. The summed E-state index contributed by atoms with van der Waals surface area (Å²) in [5, 5.41) is 0. The van der Waals surface area contributed by atoms with Crippen LogP contribution in [0.25, 0.3) is 0 Å². The molecule has 0 saturated carbocycles. The summed E-state index contributed by atoms with van der Waals surface area (Å²) in [6.07, 6.45) is 0.813. The Morgan fingerprint density at radius 2 is 2.00 bits per heavy atom. The molecular formula is C6H13FO2. The number of alkyl halides is 1. The average molecular weight is 136 g/mol. The van der Waals surface area contributed by atoms with Gasteiger partial charge in [0.05, 0.1) is 6.61 Å². The lowest BCUT2D eigenvalue weighted by Crippen LogP contribution is -2.11. The van der Waals surface area contributed by atoms with Gasteiger partial charge in [-0.15, -0.1) is 0 Å². The summed E-state index contributed by atoms with van der Waals surface area (Å²) >= 11 is 0. The molecule has 0 heterocycles. The Bertz CT molecular complexity index is 59.0. The van der Waals surface area contributed by atoms with Crippen LogP contribution in [-0.2, 0) is 9.47 Å². The Hall–Kier alpha value is -0.150. The first-order chi connectivity index (χ1) is 4.31. The minimum absolute atomic E-state index is 0.352. The van der Waals surface area contributed by atoms with Crippen LogP contribution in [0.15, 0.2) is 0 Å². The highest BCUT2D eigenvalue weighted by atomic mass is 19.2. The number of rotatable bonds is 5. The highest BCUT2D eigenvalue weighted by molar-refractivity contribution is 4.23. The normalized spacial score (nSPS) is 13.7. The lowest BCUT2D eigenvalue weighted by Gasteiger charge is -2.06. The molecule has 0 rings (SSSR count). The van der Waals surface area contributed by atoms with Crippen molar-refractivity contribution in [2.24, 2.45) is 0 Å². The zero-order valence-corrected chi connectivity index (χ0v) is 5.89. The van der Waals surface area contributed by atoms with Crippen LogP contribution in [0.4, 0.5) is 4.39 Å². The molecule has 0 saturated heterocycles. The van der Waals surface area contributed by atoms with Crippen LogP contribution in [-0.4, -0.2) is 19.8 Å². The first kappa shape index (κ1) is 8.85. The molecule has 3 heteroatoms. The first-order valence-electron chi connectivity index (χ1n) is 3.18. The summed E-state index contributed by atoms with van der Waals surface area (Å²) in [6.45, 7) is 2.88. The van der Waals surface area contributed by atoms with Crippen LogP contribution in [0.1, 0.15) is 20.3 Å². The Morgan fingerprint density at radius 1 is 1.33 bits per heavy atom. The van der Waals surface area contributed by atoms with Gasteiger partial charge < -0.3 is 9.47 Å². The highest BCUT2D eigenvalue weighted by Gasteiger charge is 2.01. The van der Waals surface area contributed by atoms with Crippen molar-refractivity contribution in [1.29, 1.82) is 0 Å². The van der Waals surface area contributed by atoms with Crippen molar-refractivity contribution in [2.75, 3.05) is 13.2 Å². The fourth-order valence-corrected chi connectivity index (χ4v) is 0.390. The molecule has 0 aliphatic rings. The molecule has 0 aromatic carbocycles. The molecule has 0 bridgehead atoms. The van der Waals surface area contributed by atoms with Gasteiger partial charge in [0.25, 0.3) is 0 Å². The first-order valence-corrected chi connectivity index (χ1v) is 3.18. The Morgan fingerprint density at radius 3 is 2.44 bits per heavy atom. The second-order valence-corrected chi connectivity index (χ2v) is 1.60. The summed E-state index contributed by atoms with van der Waals surface area (Å²) in [5.41, 5.74) is 0. The highest BCUT2D eigenvalue weighted by Crippen LogP contribution is 1.95. The fraction of sp³-hybridized carbons (Fsp3) is 1.00. The van der Waals surface area contributed by atoms with E-state index in [1.807, 2.05) is 6.92 Å². The zero-order valence-electron chi connectivity index (χ0n) is 5.89. The van der Waals surface area contributed by atoms with Gasteiger partial charge in [0.2, 0.25) is 0 Å². The molecule has 0 amide bonds. The summed E-state index contributed by atoms with van der Waals surface area (Å²) in [5.74, 6) is 0. The zero-order chi connectivity index (χ0) is 7.11. The van der Waals surface area contributed by atoms with Gasteiger partial charge in [-0.25, -0.2) is 0 Å². The van der Waals surface area contributed by atoms with Gasteiger partial charge in [-0.1, -0.05) is 6.92 Å². The largest absolute Gasteiger partial charge is 0.327 e. The summed E-state index contributed by atoms with van der Waals surface area (Å²) < 4.78 is 21.1. The van der Waals surface area contributed by atoms with Gasteiger partial charge in [-0.2, -0.15) is 4.39 Å². The molecule has 0 aliphatic heterocycles. The molecule has 1 unspecified atom stereocenters. The average Bonchev–Trinajstić information content (AvgIpc) is 1.85. The van der Waals surface area contributed by atoms with Crippen LogP contribution < -0.4 is 0 Å². The lowest BCUT2D eigenvalue weighted by atomic mass is 10.5. The third-order valence-electron chi connectivity index (χ3n) is 0.751. The van der Waals surface area contributed by atoms with Crippen LogP contribution in [0.3, 0.4) is 0 Å². The molecule has 0 fully saturated rings. The van der Waals surface area contributed by atoms with Crippen LogP contribution in [0.2, 0.25) is 0 Å². The van der Waals surface area contributed by atoms with E-state index in [9.17, 15) is 4.39 Å². The number of halogens is 1. The Kier molecular flexibility index (Phi) is 5.88. The van der Waals surface area contributed by atoms with Gasteiger partial charge in [0, 0.05) is 6.61 Å². The Labute approximate surface area is 55.0 Å². The number of hydrogen-bond acceptors (Lipinski definition) is 2. The second-order valence-electron chi connectivity index (χ2n) is 1.60. The van der Waals surface area contributed by atoms with E-state index < -0.39 is 6.54 Å². The minimum atomic E-state index is -1.53. The smallest absolute Gasteiger partial charge is 0.309 e. The van der Waals surface area contributed by atoms with Gasteiger partial charge in [0.15, 0.2) is 0 Å². The molecule has 1 atom stereocenters. The molecular weight excluding hydrogens is 123 g/mol. The fourth-order valence-electron chi connectivity index (χ4n) is 0.390. The standard InChI is InChI=1S/C6H13FO2/c1-3-5-9-6(7)8-4-2/h6H,3-5H2,1-2H3. The van der Waals surface area contributed by atoms with Crippen molar-refractivity contribution in [2.45, 2.75) is 26.8 Å². The SMILES string of the molecule is CCCOC(F)OCC. The molecule has 0 N–H and O–H groups in total. The molecule has 0 aliphatic carbocycles. The van der Waals surface area contributed by atoms with Crippen LogP contribution in [0.5, 0.6) is 0 Å². The van der Waals surface area contributed by atoms with Gasteiger partial charge >= 0.3 is 6.54 Å². The summed E-state index contributed by atoms with van der Waals surface area (Å²) in [7, 11) is 0. The maximum atomic E-state index is 12.1. The van der Waals surface area contributed by atoms with E-state index in [-0.39, 0.29) is 0 Å². The summed E-state index contributed by atoms with van der Waals surface area (Å²) in [4.78, 5) is 0. The predicted octanol–water partition coefficient (Wildman–Crippen LogP) is 1.70. The van der Waals surface area contributed by atoms with Crippen molar-refractivity contribution < 1.29 is 13.9 Å². The molecule has 56 valence electrons. The minimum Gasteiger partial charge on any atom is -0.327 e. The molecule has 0 aromatic rings. The second kappa shape index (κ2) is 5.98. The van der Waals surface area contributed by atoms with Gasteiger partial charge in [-0.3, -0.25) is 0 Å². The van der Waals surface area contributed by atoms with E-state index in [1.54, 1.807) is 6.92 Å². The monoisotopic (exact) mass is 136 g/mol.